The van der Waals surface area contributed by atoms with Gasteiger partial charge < -0.3 is 0 Å². The van der Waals surface area contributed by atoms with Crippen molar-refractivity contribution in [2.24, 2.45) is 0 Å². The van der Waals surface area contributed by atoms with E-state index in [1.807, 2.05) is 13.8 Å². The molecule has 0 saturated carbocycles. The van der Waals surface area contributed by atoms with Gasteiger partial charge in [-0.1, -0.05) is 149 Å². The van der Waals surface area contributed by atoms with Gasteiger partial charge in [-0.2, -0.15) is 8.75 Å². The molecular weight excluding hydrogens is 713 g/mol. The maximum absolute atomic E-state index is 5.23. The van der Waals surface area contributed by atoms with Crippen LogP contribution in [0.1, 0.15) is 61.3 Å². The van der Waals surface area contributed by atoms with E-state index >= 15 is 0 Å². The summed E-state index contributed by atoms with van der Waals surface area (Å²) in [6.07, 6.45) is 0. The van der Waals surface area contributed by atoms with Crippen LogP contribution in [0.4, 0.5) is 0 Å². The lowest BCUT2D eigenvalue weighted by molar-refractivity contribution is 0.660. The highest BCUT2D eigenvalue weighted by atomic mass is 32.1. The van der Waals surface area contributed by atoms with Crippen LogP contribution in [0.25, 0.3) is 88.8 Å². The highest BCUT2D eigenvalue weighted by Crippen LogP contribution is 2.51. The van der Waals surface area contributed by atoms with E-state index in [-0.39, 0.29) is 10.8 Å². The smallest absolute Gasteiger partial charge is 0.115 e. The van der Waals surface area contributed by atoms with Crippen molar-refractivity contribution in [3.63, 3.8) is 0 Å². The maximum Gasteiger partial charge on any atom is 0.115 e. The monoisotopic (exact) mass is 752 g/mol. The SMILES string of the molecule is Cc1nc2c(-c3ccc(-c4ccc5c(c4)C(C)(C)c4ccccc4-5)cc3)c3nsnc3c(-c3ccc(-c4ccc5c(c4)C(C)(C)c4ccccc4-5)cc3)c2nc1C. The third-order valence-corrected chi connectivity index (χ3v) is 13.5. The minimum atomic E-state index is -0.0489. The van der Waals surface area contributed by atoms with Crippen molar-refractivity contribution < 1.29 is 0 Å². The summed E-state index contributed by atoms with van der Waals surface area (Å²) in [4.78, 5) is 10.5. The lowest BCUT2D eigenvalue weighted by Crippen LogP contribution is -2.14. The molecule has 9 aromatic rings. The number of aryl methyl sites for hydroxylation is 2. The summed E-state index contributed by atoms with van der Waals surface area (Å²) in [5.41, 5.74) is 24.8. The van der Waals surface area contributed by atoms with Gasteiger partial charge in [-0.3, -0.25) is 0 Å². The number of aromatic nitrogens is 4. The normalized spacial score (nSPS) is 14.4. The van der Waals surface area contributed by atoms with E-state index in [9.17, 15) is 0 Å². The van der Waals surface area contributed by atoms with Gasteiger partial charge in [0.15, 0.2) is 0 Å². The van der Waals surface area contributed by atoms with Gasteiger partial charge in [-0.25, -0.2) is 9.97 Å². The average Bonchev–Trinajstić information content (AvgIpc) is 3.87. The summed E-state index contributed by atoms with van der Waals surface area (Å²) in [7, 11) is 0. The Hall–Kier alpha value is -6.30. The molecule has 2 aromatic heterocycles. The van der Waals surface area contributed by atoms with Crippen LogP contribution in [0.5, 0.6) is 0 Å². The van der Waals surface area contributed by atoms with Crippen molar-refractivity contribution in [3.8, 4) is 66.8 Å². The second-order valence-electron chi connectivity index (χ2n) is 16.8. The van der Waals surface area contributed by atoms with Crippen molar-refractivity contribution in [2.45, 2.75) is 52.4 Å². The van der Waals surface area contributed by atoms with Crippen LogP contribution < -0.4 is 0 Å². The van der Waals surface area contributed by atoms with Crippen LogP contribution in [-0.4, -0.2) is 18.7 Å². The van der Waals surface area contributed by atoms with E-state index in [1.54, 1.807) is 0 Å². The molecule has 2 heterocycles. The molecule has 0 saturated heterocycles. The van der Waals surface area contributed by atoms with Crippen LogP contribution >= 0.6 is 11.7 Å². The van der Waals surface area contributed by atoms with Crippen LogP contribution in [0, 0.1) is 13.8 Å². The molecule has 274 valence electrons. The second kappa shape index (κ2) is 12.1. The quantitative estimate of drug-likeness (QED) is 0.180. The molecule has 5 heteroatoms. The van der Waals surface area contributed by atoms with E-state index in [4.69, 9.17) is 18.7 Å². The first-order valence-electron chi connectivity index (χ1n) is 19.7. The van der Waals surface area contributed by atoms with E-state index < -0.39 is 0 Å². The molecule has 2 aliphatic carbocycles. The molecule has 0 aliphatic heterocycles. The maximum atomic E-state index is 5.23. The zero-order chi connectivity index (χ0) is 38.8. The predicted molar refractivity (Wildman–Crippen MR) is 237 cm³/mol. The van der Waals surface area contributed by atoms with Crippen molar-refractivity contribution in [1.82, 2.24) is 18.7 Å². The van der Waals surface area contributed by atoms with Gasteiger partial charge >= 0.3 is 0 Å². The molecule has 11 rings (SSSR count). The Balaban J connectivity index is 0.990. The summed E-state index contributed by atoms with van der Waals surface area (Å²) < 4.78 is 9.86. The molecule has 57 heavy (non-hydrogen) atoms. The Morgan fingerprint density at radius 3 is 1.14 bits per heavy atom. The fourth-order valence-electron chi connectivity index (χ4n) is 9.67. The predicted octanol–water partition coefficient (Wildman–Crippen LogP) is 13.5. The second-order valence-corrected chi connectivity index (χ2v) is 17.3. The standard InChI is InChI=1S/C52H40N4S/c1-29-30(2)54-48-46(34-21-17-32(18-22-34)36-24-26-40-38-12-8-10-14-42(38)52(5,6)44(40)28-36)50-49(55-57-56-50)45(47(48)53-29)33-19-15-31(16-20-33)35-23-25-39-37-11-7-9-13-41(37)51(3,4)43(39)27-35/h7-28H,1-6H3. The number of nitrogens with zero attached hydrogens (tertiary/aromatic N) is 4. The Morgan fingerprint density at radius 2 is 0.719 bits per heavy atom. The molecule has 4 nitrogen and oxygen atoms in total. The molecule has 0 atom stereocenters. The Labute approximate surface area is 337 Å². The first kappa shape index (κ1) is 34.0. The minimum Gasteiger partial charge on any atom is -0.249 e. The summed E-state index contributed by atoms with van der Waals surface area (Å²) in [5.74, 6) is 0. The number of benzene rings is 7. The topological polar surface area (TPSA) is 51.6 Å². The molecule has 0 spiro atoms. The molecule has 0 unspecified atom stereocenters. The van der Waals surface area contributed by atoms with Gasteiger partial charge in [0.25, 0.3) is 0 Å². The number of hydrogen-bond acceptors (Lipinski definition) is 5. The zero-order valence-electron chi connectivity index (χ0n) is 32.9. The number of fused-ring (bicyclic) bond motifs is 8. The lowest BCUT2D eigenvalue weighted by atomic mass is 9.81. The summed E-state index contributed by atoms with van der Waals surface area (Å²) in [5, 5.41) is 0. The van der Waals surface area contributed by atoms with E-state index in [1.165, 1.54) is 78.5 Å². The molecule has 7 aromatic carbocycles. The average molecular weight is 753 g/mol. The van der Waals surface area contributed by atoms with Crippen molar-refractivity contribution in [2.75, 3.05) is 0 Å². The molecule has 0 N–H and O–H groups in total. The summed E-state index contributed by atoms with van der Waals surface area (Å²) in [6.45, 7) is 13.4. The zero-order valence-corrected chi connectivity index (χ0v) is 33.7. The molecule has 0 amide bonds. The van der Waals surface area contributed by atoms with Crippen LogP contribution in [0.2, 0.25) is 0 Å². The number of hydrogen-bond donors (Lipinski definition) is 0. The van der Waals surface area contributed by atoms with Crippen LogP contribution in [0.15, 0.2) is 133 Å². The molecule has 0 bridgehead atoms. The third kappa shape index (κ3) is 4.91. The highest BCUT2D eigenvalue weighted by molar-refractivity contribution is 7.00. The van der Waals surface area contributed by atoms with Gasteiger partial charge in [0.1, 0.15) is 11.0 Å². The minimum absolute atomic E-state index is 0.0489. The fourth-order valence-corrected chi connectivity index (χ4v) is 10.2. The molecule has 0 radical (unpaired) electrons. The largest absolute Gasteiger partial charge is 0.249 e. The Morgan fingerprint density at radius 1 is 0.368 bits per heavy atom. The third-order valence-electron chi connectivity index (χ3n) is 12.9. The van der Waals surface area contributed by atoms with Gasteiger partial charge in [-0.05, 0) is 104 Å². The van der Waals surface area contributed by atoms with Crippen molar-refractivity contribution in [1.29, 1.82) is 0 Å². The van der Waals surface area contributed by atoms with Crippen molar-refractivity contribution in [3.05, 3.63) is 167 Å². The molecule has 2 aliphatic rings. The van der Waals surface area contributed by atoms with E-state index in [2.05, 4.69) is 161 Å². The Kier molecular flexibility index (Phi) is 7.22. The van der Waals surface area contributed by atoms with Gasteiger partial charge in [0.2, 0.25) is 0 Å². The highest BCUT2D eigenvalue weighted by Gasteiger charge is 2.36. The van der Waals surface area contributed by atoms with E-state index in [0.717, 1.165) is 55.7 Å². The Bertz CT molecular complexity index is 2920. The first-order chi connectivity index (χ1) is 27.6. The molecule has 0 fully saturated rings. The number of rotatable bonds is 4. The fraction of sp³-hybridized carbons (Fsp3) is 0.154. The van der Waals surface area contributed by atoms with Gasteiger partial charge in [-0.15, -0.1) is 0 Å². The van der Waals surface area contributed by atoms with Crippen LogP contribution in [-0.2, 0) is 10.8 Å². The van der Waals surface area contributed by atoms with Gasteiger partial charge in [0, 0.05) is 22.0 Å². The van der Waals surface area contributed by atoms with Gasteiger partial charge in [0.05, 0.1) is 34.1 Å². The first-order valence-corrected chi connectivity index (χ1v) is 20.5. The molecular formula is C52H40N4S. The summed E-state index contributed by atoms with van der Waals surface area (Å²) >= 11 is 1.25. The summed E-state index contributed by atoms with van der Waals surface area (Å²) in [6, 6.07) is 49.2. The van der Waals surface area contributed by atoms with Crippen LogP contribution in [0.3, 0.4) is 0 Å². The van der Waals surface area contributed by atoms with Crippen molar-refractivity contribution >= 4 is 33.8 Å². The lowest BCUT2D eigenvalue weighted by Gasteiger charge is -2.22. The van der Waals surface area contributed by atoms with E-state index in [0.29, 0.717) is 0 Å².